The zero-order chi connectivity index (χ0) is 9.84. The van der Waals surface area contributed by atoms with E-state index in [1.54, 1.807) is 0 Å². The number of hydrogen-bond acceptors (Lipinski definition) is 2. The number of carboxylic acid groups (broad SMARTS) is 1. The van der Waals surface area contributed by atoms with Crippen molar-refractivity contribution >= 4 is 5.97 Å². The highest BCUT2D eigenvalue weighted by Crippen LogP contribution is 2.33. The molecule has 0 heterocycles. The van der Waals surface area contributed by atoms with Gasteiger partial charge in [0.15, 0.2) is 0 Å². The Hall–Kier alpha value is -0.570. The van der Waals surface area contributed by atoms with Crippen LogP contribution in [0.4, 0.5) is 0 Å². The Balaban J connectivity index is 2.60. The third kappa shape index (κ3) is 2.44. The maximum absolute atomic E-state index is 10.9. The average Bonchev–Trinajstić information content (AvgIpc) is 2.56. The lowest BCUT2D eigenvalue weighted by Gasteiger charge is -2.23. The molecule has 0 aromatic heterocycles. The van der Waals surface area contributed by atoms with Gasteiger partial charge in [0.2, 0.25) is 0 Å². The highest BCUT2D eigenvalue weighted by molar-refractivity contribution is 5.71. The number of aliphatic hydroxyl groups excluding tert-OH is 1. The number of carbonyl (C=O) groups is 1. The summed E-state index contributed by atoms with van der Waals surface area (Å²) in [7, 11) is 0. The van der Waals surface area contributed by atoms with Crippen molar-refractivity contribution in [2.24, 2.45) is 11.8 Å². The summed E-state index contributed by atoms with van der Waals surface area (Å²) in [5.74, 6) is -1.17. The third-order valence-corrected chi connectivity index (χ3v) is 3.03. The van der Waals surface area contributed by atoms with Crippen molar-refractivity contribution in [1.82, 2.24) is 0 Å². The number of carboxylic acids is 1. The molecule has 1 rings (SSSR count). The van der Waals surface area contributed by atoms with Gasteiger partial charge in [-0.05, 0) is 25.2 Å². The summed E-state index contributed by atoms with van der Waals surface area (Å²) in [6, 6.07) is 0. The van der Waals surface area contributed by atoms with Crippen LogP contribution >= 0.6 is 0 Å². The van der Waals surface area contributed by atoms with Crippen molar-refractivity contribution in [1.29, 1.82) is 0 Å². The van der Waals surface area contributed by atoms with E-state index >= 15 is 0 Å². The molecule has 1 fully saturated rings. The molecule has 3 heteroatoms. The van der Waals surface area contributed by atoms with Gasteiger partial charge in [0.25, 0.3) is 0 Å². The highest BCUT2D eigenvalue weighted by atomic mass is 16.4. The summed E-state index contributed by atoms with van der Waals surface area (Å²) in [6.07, 6.45) is 4.03. The van der Waals surface area contributed by atoms with Crippen LogP contribution in [0.15, 0.2) is 0 Å². The van der Waals surface area contributed by atoms with E-state index in [-0.39, 0.29) is 5.92 Å². The maximum atomic E-state index is 10.9. The molecule has 13 heavy (non-hydrogen) atoms. The summed E-state index contributed by atoms with van der Waals surface area (Å²) in [5.41, 5.74) is 0. The first kappa shape index (κ1) is 10.5. The summed E-state index contributed by atoms with van der Waals surface area (Å²) < 4.78 is 0. The Kier molecular flexibility index (Phi) is 3.72. The molecular formula is C10H18O3. The van der Waals surface area contributed by atoms with Gasteiger partial charge in [0.1, 0.15) is 0 Å². The summed E-state index contributed by atoms with van der Waals surface area (Å²) in [5, 5.41) is 18.5. The van der Waals surface area contributed by atoms with Crippen LogP contribution in [0.3, 0.4) is 0 Å². The highest BCUT2D eigenvalue weighted by Gasteiger charge is 2.34. The van der Waals surface area contributed by atoms with Gasteiger partial charge in [0.05, 0.1) is 12.0 Å². The van der Waals surface area contributed by atoms with Gasteiger partial charge in [-0.15, -0.1) is 0 Å². The van der Waals surface area contributed by atoms with E-state index in [4.69, 9.17) is 5.11 Å². The Labute approximate surface area is 78.8 Å². The van der Waals surface area contributed by atoms with E-state index in [2.05, 4.69) is 0 Å². The topological polar surface area (TPSA) is 57.5 Å². The van der Waals surface area contributed by atoms with Gasteiger partial charge in [-0.3, -0.25) is 4.79 Å². The maximum Gasteiger partial charge on any atom is 0.309 e. The third-order valence-electron chi connectivity index (χ3n) is 3.03. The van der Waals surface area contributed by atoms with Gasteiger partial charge in [-0.2, -0.15) is 0 Å². The second kappa shape index (κ2) is 4.61. The van der Waals surface area contributed by atoms with Crippen LogP contribution in [0.1, 0.15) is 39.0 Å². The quantitative estimate of drug-likeness (QED) is 0.701. The van der Waals surface area contributed by atoms with Gasteiger partial charge < -0.3 is 10.2 Å². The van der Waals surface area contributed by atoms with Crippen LogP contribution in [-0.4, -0.2) is 22.3 Å². The number of aliphatic carboxylic acids is 1. The molecule has 1 aliphatic rings. The van der Waals surface area contributed by atoms with Crippen molar-refractivity contribution in [2.75, 3.05) is 0 Å². The Bertz CT molecular complexity index is 173. The normalized spacial score (nSPS) is 22.9. The minimum Gasteiger partial charge on any atom is -0.481 e. The SMILES string of the molecule is CC[C@@H](O)[C@H](C(=O)O)C1CCCC1. The van der Waals surface area contributed by atoms with E-state index in [9.17, 15) is 9.90 Å². The van der Waals surface area contributed by atoms with Crippen LogP contribution in [0.5, 0.6) is 0 Å². The van der Waals surface area contributed by atoms with Gasteiger partial charge in [-0.25, -0.2) is 0 Å². The van der Waals surface area contributed by atoms with E-state index in [1.165, 1.54) is 0 Å². The first-order valence-corrected chi connectivity index (χ1v) is 5.07. The zero-order valence-corrected chi connectivity index (χ0v) is 8.07. The lowest BCUT2D eigenvalue weighted by Crippen LogP contribution is -2.33. The molecular weight excluding hydrogens is 168 g/mol. The van der Waals surface area contributed by atoms with E-state index in [0.29, 0.717) is 6.42 Å². The van der Waals surface area contributed by atoms with Crippen LogP contribution in [-0.2, 0) is 4.79 Å². The summed E-state index contributed by atoms with van der Waals surface area (Å²) >= 11 is 0. The monoisotopic (exact) mass is 186 g/mol. The molecule has 1 aliphatic carbocycles. The lowest BCUT2D eigenvalue weighted by molar-refractivity contribution is -0.148. The Morgan fingerprint density at radius 2 is 2.00 bits per heavy atom. The second-order valence-electron chi connectivity index (χ2n) is 3.88. The summed E-state index contributed by atoms with van der Waals surface area (Å²) in [4.78, 5) is 10.9. The van der Waals surface area contributed by atoms with Crippen LogP contribution in [0, 0.1) is 11.8 Å². The standard InChI is InChI=1S/C10H18O3/c1-2-8(11)9(10(12)13)7-5-3-4-6-7/h7-9,11H,2-6H2,1H3,(H,12,13)/t8-,9-/m1/s1. The largest absolute Gasteiger partial charge is 0.481 e. The van der Waals surface area contributed by atoms with Crippen molar-refractivity contribution in [3.63, 3.8) is 0 Å². The van der Waals surface area contributed by atoms with Crippen molar-refractivity contribution < 1.29 is 15.0 Å². The molecule has 0 radical (unpaired) electrons. The smallest absolute Gasteiger partial charge is 0.309 e. The predicted octanol–water partition coefficient (Wildman–Crippen LogP) is 1.65. The van der Waals surface area contributed by atoms with Crippen molar-refractivity contribution in [3.8, 4) is 0 Å². The van der Waals surface area contributed by atoms with Crippen LogP contribution < -0.4 is 0 Å². The summed E-state index contributed by atoms with van der Waals surface area (Å²) in [6.45, 7) is 1.83. The molecule has 0 amide bonds. The Morgan fingerprint density at radius 1 is 1.46 bits per heavy atom. The van der Waals surface area contributed by atoms with Gasteiger partial charge in [0, 0.05) is 0 Å². The fourth-order valence-electron chi connectivity index (χ4n) is 2.25. The average molecular weight is 186 g/mol. The lowest BCUT2D eigenvalue weighted by atomic mass is 9.85. The van der Waals surface area contributed by atoms with Crippen molar-refractivity contribution in [2.45, 2.75) is 45.1 Å². The zero-order valence-electron chi connectivity index (χ0n) is 8.07. The molecule has 1 saturated carbocycles. The second-order valence-corrected chi connectivity index (χ2v) is 3.88. The predicted molar refractivity (Wildman–Crippen MR) is 49.4 cm³/mol. The molecule has 0 aromatic rings. The van der Waals surface area contributed by atoms with E-state index in [1.807, 2.05) is 6.92 Å². The first-order chi connectivity index (χ1) is 6.16. The molecule has 76 valence electrons. The molecule has 0 bridgehead atoms. The van der Waals surface area contributed by atoms with Gasteiger partial charge >= 0.3 is 5.97 Å². The molecule has 3 nitrogen and oxygen atoms in total. The molecule has 0 spiro atoms. The van der Waals surface area contributed by atoms with Crippen LogP contribution in [0.2, 0.25) is 0 Å². The molecule has 0 aliphatic heterocycles. The van der Waals surface area contributed by atoms with E-state index < -0.39 is 18.0 Å². The molecule has 2 atom stereocenters. The fourth-order valence-corrected chi connectivity index (χ4v) is 2.25. The molecule has 0 unspecified atom stereocenters. The van der Waals surface area contributed by atoms with Crippen LogP contribution in [0.25, 0.3) is 0 Å². The molecule has 0 saturated heterocycles. The first-order valence-electron chi connectivity index (χ1n) is 5.07. The number of hydrogen-bond donors (Lipinski definition) is 2. The minimum absolute atomic E-state index is 0.201. The number of aliphatic hydroxyl groups is 1. The number of rotatable bonds is 4. The molecule has 0 aromatic carbocycles. The Morgan fingerprint density at radius 3 is 2.38 bits per heavy atom. The fraction of sp³-hybridized carbons (Fsp3) is 0.900. The molecule has 2 N–H and O–H groups in total. The van der Waals surface area contributed by atoms with Gasteiger partial charge in [-0.1, -0.05) is 19.8 Å². The van der Waals surface area contributed by atoms with E-state index in [0.717, 1.165) is 25.7 Å². The van der Waals surface area contributed by atoms with Crippen molar-refractivity contribution in [3.05, 3.63) is 0 Å². The minimum atomic E-state index is -0.832.